The van der Waals surface area contributed by atoms with Crippen LogP contribution >= 0.6 is 11.8 Å². The number of hydrogen-bond donors (Lipinski definition) is 2. The van der Waals surface area contributed by atoms with Gasteiger partial charge in [0.15, 0.2) is 5.76 Å². The number of amides is 2. The minimum atomic E-state index is -0.414. The van der Waals surface area contributed by atoms with Crippen LogP contribution in [0.5, 0.6) is 0 Å². The highest BCUT2D eigenvalue weighted by Gasteiger charge is 2.29. The summed E-state index contributed by atoms with van der Waals surface area (Å²) >= 11 is 1.29. The lowest BCUT2D eigenvalue weighted by Crippen LogP contribution is -2.38. The van der Waals surface area contributed by atoms with Crippen LogP contribution in [0.25, 0.3) is 11.7 Å². The lowest BCUT2D eigenvalue weighted by Gasteiger charge is -2.31. The molecule has 0 bridgehead atoms. The van der Waals surface area contributed by atoms with Crippen LogP contribution in [0.3, 0.4) is 0 Å². The second-order valence-electron chi connectivity index (χ2n) is 7.26. The van der Waals surface area contributed by atoms with Crippen molar-refractivity contribution in [2.45, 2.75) is 17.7 Å². The molecule has 10 heteroatoms. The number of furan rings is 1. The van der Waals surface area contributed by atoms with Crippen molar-refractivity contribution in [2.24, 2.45) is 11.7 Å². The molecule has 164 valence electrons. The van der Waals surface area contributed by atoms with E-state index in [4.69, 9.17) is 14.6 Å². The van der Waals surface area contributed by atoms with Crippen molar-refractivity contribution in [3.05, 3.63) is 48.4 Å². The molecular weight excluding hydrogens is 430 g/mol. The Balaban J connectivity index is 1.39. The van der Waals surface area contributed by atoms with Gasteiger partial charge in [-0.15, -0.1) is 11.8 Å². The lowest BCUT2D eigenvalue weighted by molar-refractivity contribution is -0.120. The van der Waals surface area contributed by atoms with E-state index in [1.54, 1.807) is 18.2 Å². The van der Waals surface area contributed by atoms with Gasteiger partial charge in [0.05, 0.1) is 17.7 Å². The molecule has 0 aliphatic carbocycles. The zero-order chi connectivity index (χ0) is 22.5. The highest BCUT2D eigenvalue weighted by atomic mass is 32.2. The number of nitrogens with zero attached hydrogens (tertiary/aromatic N) is 3. The third kappa shape index (κ3) is 4.78. The number of thioether (sulfide) groups is 1. The van der Waals surface area contributed by atoms with Gasteiger partial charge in [-0.3, -0.25) is 9.59 Å². The Bertz CT molecular complexity index is 1140. The minimum absolute atomic E-state index is 0.0777. The number of nitrogens with one attached hydrogen (secondary N) is 1. The fourth-order valence-electron chi connectivity index (χ4n) is 3.53. The number of nitrogens with two attached hydrogens (primary N) is 1. The first kappa shape index (κ1) is 21.5. The minimum Gasteiger partial charge on any atom is -0.459 e. The smallest absolute Gasteiger partial charge is 0.266 e. The van der Waals surface area contributed by atoms with Crippen molar-refractivity contribution in [3.8, 4) is 17.7 Å². The molecule has 4 rings (SSSR count). The predicted octanol–water partition coefficient (Wildman–Crippen LogP) is 3.24. The second-order valence-corrected chi connectivity index (χ2v) is 8.28. The first-order valence-electron chi connectivity index (χ1n) is 10.1. The summed E-state index contributed by atoms with van der Waals surface area (Å²) in [5, 5.41) is 12.4. The number of benzene rings is 1. The summed E-state index contributed by atoms with van der Waals surface area (Å²) < 4.78 is 11.1. The van der Waals surface area contributed by atoms with Gasteiger partial charge in [-0.2, -0.15) is 10.2 Å². The van der Waals surface area contributed by atoms with E-state index in [1.165, 1.54) is 18.0 Å². The first-order chi connectivity index (χ1) is 15.5. The van der Waals surface area contributed by atoms with Crippen molar-refractivity contribution >= 4 is 35.1 Å². The Morgan fingerprint density at radius 2 is 2.03 bits per heavy atom. The van der Waals surface area contributed by atoms with E-state index in [0.29, 0.717) is 43.3 Å². The van der Waals surface area contributed by atoms with Gasteiger partial charge in [-0.25, -0.2) is 0 Å². The second kappa shape index (κ2) is 9.62. The molecule has 3 heterocycles. The van der Waals surface area contributed by atoms with Gasteiger partial charge in [0.1, 0.15) is 6.07 Å². The van der Waals surface area contributed by atoms with Crippen LogP contribution < -0.4 is 16.0 Å². The molecule has 1 aliphatic heterocycles. The van der Waals surface area contributed by atoms with Crippen LogP contribution in [0.4, 0.5) is 11.6 Å². The maximum absolute atomic E-state index is 12.9. The highest BCUT2D eigenvalue weighted by Crippen LogP contribution is 2.32. The fourth-order valence-corrected chi connectivity index (χ4v) is 4.28. The lowest BCUT2D eigenvalue weighted by atomic mass is 9.96. The predicted molar refractivity (Wildman–Crippen MR) is 119 cm³/mol. The molecule has 0 atom stereocenters. The van der Waals surface area contributed by atoms with Crippen LogP contribution in [-0.2, 0) is 9.59 Å². The standard InChI is InChI=1S/C22H21N5O4S/c23-12-16-22(31-21(26-16)17-5-3-11-30-17)27-9-7-14(8-10-27)20(29)25-15-4-1-2-6-18(15)32-13-19(24)28/h1-6,11,14H,7-10,13H2,(H2,24,28)(H,25,29). The van der Waals surface area contributed by atoms with E-state index in [9.17, 15) is 14.9 Å². The monoisotopic (exact) mass is 451 g/mol. The molecule has 0 unspecified atom stereocenters. The van der Waals surface area contributed by atoms with E-state index in [-0.39, 0.29) is 29.2 Å². The molecular formula is C22H21N5O4S. The SMILES string of the molecule is N#Cc1nc(-c2ccco2)oc1N1CCC(C(=O)Nc2ccccc2SCC(N)=O)CC1. The zero-order valence-corrected chi connectivity index (χ0v) is 17.9. The average Bonchev–Trinajstić information content (AvgIpc) is 3.48. The van der Waals surface area contributed by atoms with Crippen LogP contribution in [0.15, 0.2) is 56.4 Å². The molecule has 0 saturated carbocycles. The van der Waals surface area contributed by atoms with E-state index >= 15 is 0 Å². The van der Waals surface area contributed by atoms with Gasteiger partial charge in [-0.05, 0) is 37.1 Å². The third-order valence-electron chi connectivity index (χ3n) is 5.11. The number of anilines is 2. The van der Waals surface area contributed by atoms with Crippen LogP contribution in [0, 0.1) is 17.2 Å². The number of rotatable bonds is 7. The number of piperidine rings is 1. The molecule has 1 saturated heterocycles. The first-order valence-corrected chi connectivity index (χ1v) is 11.0. The van der Waals surface area contributed by atoms with E-state index in [2.05, 4.69) is 16.4 Å². The maximum atomic E-state index is 12.9. The number of oxazole rings is 1. The number of nitriles is 1. The Hall–Kier alpha value is -3.71. The Labute approximate surface area is 188 Å². The molecule has 32 heavy (non-hydrogen) atoms. The van der Waals surface area contributed by atoms with Gasteiger partial charge in [0.25, 0.3) is 5.89 Å². The number of para-hydroxylation sites is 1. The molecule has 3 aromatic rings. The number of aromatic nitrogens is 1. The average molecular weight is 452 g/mol. The molecule has 3 N–H and O–H groups in total. The molecule has 9 nitrogen and oxygen atoms in total. The summed E-state index contributed by atoms with van der Waals surface area (Å²) in [4.78, 5) is 30.9. The normalized spacial score (nSPS) is 14.2. The Morgan fingerprint density at radius 3 is 2.72 bits per heavy atom. The molecule has 1 aromatic carbocycles. The van der Waals surface area contributed by atoms with Crippen LogP contribution in [-0.4, -0.2) is 35.6 Å². The summed E-state index contributed by atoms with van der Waals surface area (Å²) in [6.07, 6.45) is 2.72. The van der Waals surface area contributed by atoms with Gasteiger partial charge >= 0.3 is 0 Å². The van der Waals surface area contributed by atoms with Gasteiger partial charge in [0.2, 0.25) is 23.4 Å². The third-order valence-corrected chi connectivity index (χ3v) is 6.21. The van der Waals surface area contributed by atoms with Crippen molar-refractivity contribution < 1.29 is 18.4 Å². The zero-order valence-electron chi connectivity index (χ0n) is 17.1. The molecule has 1 aliphatic rings. The summed E-state index contributed by atoms with van der Waals surface area (Å²) in [6, 6.07) is 12.8. The number of primary amides is 1. The topological polar surface area (TPSA) is 138 Å². The van der Waals surface area contributed by atoms with Gasteiger partial charge < -0.3 is 24.8 Å². The van der Waals surface area contributed by atoms with E-state index in [0.717, 1.165) is 4.90 Å². The summed E-state index contributed by atoms with van der Waals surface area (Å²) in [7, 11) is 0. The molecule has 2 aromatic heterocycles. The van der Waals surface area contributed by atoms with Crippen molar-refractivity contribution in [3.63, 3.8) is 0 Å². The number of carbonyl (C=O) groups is 2. The maximum Gasteiger partial charge on any atom is 0.266 e. The number of carbonyl (C=O) groups excluding carboxylic acids is 2. The van der Waals surface area contributed by atoms with Crippen LogP contribution in [0.2, 0.25) is 0 Å². The Kier molecular flexibility index (Phi) is 6.47. The van der Waals surface area contributed by atoms with Gasteiger partial charge in [-0.1, -0.05) is 12.1 Å². The Morgan fingerprint density at radius 1 is 1.25 bits per heavy atom. The summed E-state index contributed by atoms with van der Waals surface area (Å²) in [5.41, 5.74) is 6.09. The van der Waals surface area contributed by atoms with Gasteiger partial charge in [0, 0.05) is 23.9 Å². The van der Waals surface area contributed by atoms with Crippen molar-refractivity contribution in [2.75, 3.05) is 29.1 Å². The van der Waals surface area contributed by atoms with Crippen LogP contribution in [0.1, 0.15) is 18.5 Å². The molecule has 1 fully saturated rings. The summed E-state index contributed by atoms with van der Waals surface area (Å²) in [6.45, 7) is 1.11. The van der Waals surface area contributed by atoms with Crippen molar-refractivity contribution in [1.82, 2.24) is 4.98 Å². The van der Waals surface area contributed by atoms with E-state index < -0.39 is 5.91 Å². The fraction of sp³-hybridized carbons (Fsp3) is 0.273. The quantitative estimate of drug-likeness (QED) is 0.522. The molecule has 0 radical (unpaired) electrons. The highest BCUT2D eigenvalue weighted by molar-refractivity contribution is 8.00. The van der Waals surface area contributed by atoms with E-state index in [1.807, 2.05) is 23.1 Å². The number of hydrogen-bond acceptors (Lipinski definition) is 8. The molecule has 2 amide bonds. The molecule has 0 spiro atoms. The van der Waals surface area contributed by atoms with Crippen molar-refractivity contribution in [1.29, 1.82) is 5.26 Å². The summed E-state index contributed by atoms with van der Waals surface area (Å²) in [5.74, 6) is 0.573. The largest absolute Gasteiger partial charge is 0.459 e.